The molecule has 2 fully saturated rings. The van der Waals surface area contributed by atoms with E-state index < -0.39 is 11.9 Å². The van der Waals surface area contributed by atoms with Crippen molar-refractivity contribution in [2.45, 2.75) is 95.0 Å². The Morgan fingerprint density at radius 1 is 0.889 bits per heavy atom. The summed E-state index contributed by atoms with van der Waals surface area (Å²) in [5.41, 5.74) is 13.3. The number of fused-ring (bicyclic) bond motifs is 10. The van der Waals surface area contributed by atoms with Gasteiger partial charge in [0.15, 0.2) is 0 Å². The first-order valence-corrected chi connectivity index (χ1v) is 14.3. The summed E-state index contributed by atoms with van der Waals surface area (Å²) in [6, 6.07) is 17.6. The molecule has 3 aromatic rings. The lowest BCUT2D eigenvalue weighted by molar-refractivity contribution is 0.195. The van der Waals surface area contributed by atoms with Gasteiger partial charge < -0.3 is 9.80 Å². The van der Waals surface area contributed by atoms with Gasteiger partial charge >= 0.3 is 0 Å². The average molecular weight is 472 g/mol. The molecule has 4 aliphatic heterocycles. The molecule has 4 heterocycles. The van der Waals surface area contributed by atoms with Crippen molar-refractivity contribution in [2.24, 2.45) is 0 Å². The number of para-hydroxylation sites is 2. The van der Waals surface area contributed by atoms with Crippen molar-refractivity contribution in [1.82, 2.24) is 0 Å². The molecular weight excluding hydrogens is 435 g/mol. The maximum Gasteiger partial charge on any atom is 0.252 e. The van der Waals surface area contributed by atoms with Crippen LogP contribution in [0.5, 0.6) is 0 Å². The molecule has 3 aromatic carbocycles. The van der Waals surface area contributed by atoms with Crippen LogP contribution >= 0.6 is 0 Å². The van der Waals surface area contributed by atoms with Crippen LogP contribution in [0.25, 0.3) is 0 Å². The minimum atomic E-state index is -0.966. The molecule has 0 amide bonds. The molecule has 2 nitrogen and oxygen atoms in total. The highest BCUT2D eigenvalue weighted by Crippen LogP contribution is 2.62. The van der Waals surface area contributed by atoms with Gasteiger partial charge in [0.2, 0.25) is 0 Å². The van der Waals surface area contributed by atoms with Gasteiger partial charge in [0.1, 0.15) is 0 Å². The topological polar surface area (TPSA) is 6.48 Å². The van der Waals surface area contributed by atoms with Crippen LogP contribution in [0.1, 0.15) is 90.5 Å². The van der Waals surface area contributed by atoms with E-state index in [0.717, 1.165) is 31.2 Å². The highest BCUT2D eigenvalue weighted by Gasteiger charge is 2.61. The fourth-order valence-corrected chi connectivity index (χ4v) is 9.42. The fourth-order valence-electron chi connectivity index (χ4n) is 9.42. The van der Waals surface area contributed by atoms with Crippen molar-refractivity contribution < 1.29 is 2.74 Å². The zero-order valence-electron chi connectivity index (χ0n) is 23.7. The smallest absolute Gasteiger partial charge is 0.252 e. The zero-order chi connectivity index (χ0) is 25.8. The van der Waals surface area contributed by atoms with Crippen LogP contribution in [-0.4, -0.2) is 18.3 Å². The van der Waals surface area contributed by atoms with Gasteiger partial charge in [-0.15, -0.1) is 0 Å². The van der Waals surface area contributed by atoms with E-state index in [0.29, 0.717) is 0 Å². The normalized spacial score (nSPS) is 36.9. The van der Waals surface area contributed by atoms with E-state index in [1.54, 1.807) is 0 Å². The Labute approximate surface area is 218 Å². The molecule has 180 valence electrons. The first-order chi connectivity index (χ1) is 18.2. The molecule has 2 aliphatic carbocycles. The summed E-state index contributed by atoms with van der Waals surface area (Å²) in [6.07, 6.45) is 8.59. The van der Waals surface area contributed by atoms with Crippen LogP contribution in [0.2, 0.25) is 0 Å². The van der Waals surface area contributed by atoms with Crippen LogP contribution in [0.15, 0.2) is 48.5 Å². The molecule has 0 radical (unpaired) electrons. The molecule has 4 unspecified atom stereocenters. The number of anilines is 4. The summed E-state index contributed by atoms with van der Waals surface area (Å²) in [5, 5.41) is 0. The number of hydrogen-bond acceptors (Lipinski definition) is 2. The molecule has 0 spiro atoms. The van der Waals surface area contributed by atoms with Crippen LogP contribution in [-0.2, 0) is 5.41 Å². The van der Waals surface area contributed by atoms with E-state index >= 15 is 0 Å². The van der Waals surface area contributed by atoms with Crippen LogP contribution < -0.4 is 26.2 Å². The van der Waals surface area contributed by atoms with Crippen molar-refractivity contribution >= 4 is 45.9 Å². The van der Waals surface area contributed by atoms with Crippen LogP contribution in [0, 0.1) is 6.92 Å². The molecule has 4 atom stereocenters. The lowest BCUT2D eigenvalue weighted by atomic mass is 9.33. The molecule has 9 rings (SSSR count). The second-order valence-corrected chi connectivity index (χ2v) is 12.8. The van der Waals surface area contributed by atoms with Gasteiger partial charge in [0, 0.05) is 41.4 Å². The van der Waals surface area contributed by atoms with E-state index in [9.17, 15) is 2.74 Å². The summed E-state index contributed by atoms with van der Waals surface area (Å²) >= 11 is 0. The van der Waals surface area contributed by atoms with E-state index in [2.05, 4.69) is 79.1 Å². The molecule has 0 saturated heterocycles. The van der Waals surface area contributed by atoms with Crippen LogP contribution in [0.3, 0.4) is 0 Å². The molecule has 3 heteroatoms. The molecule has 2 saturated carbocycles. The minimum Gasteiger partial charge on any atom is -0.338 e. The number of benzene rings is 3. The van der Waals surface area contributed by atoms with Crippen molar-refractivity contribution in [3.63, 3.8) is 0 Å². The predicted molar refractivity (Wildman–Crippen MR) is 152 cm³/mol. The third kappa shape index (κ3) is 2.06. The lowest BCUT2D eigenvalue weighted by Gasteiger charge is -2.53. The monoisotopic (exact) mass is 472 g/mol. The van der Waals surface area contributed by atoms with Crippen molar-refractivity contribution in [3.8, 4) is 0 Å². The summed E-state index contributed by atoms with van der Waals surface area (Å²) in [6.45, 7) is 7.44. The Hall–Kier alpha value is -2.68. The Morgan fingerprint density at radius 2 is 1.64 bits per heavy atom. The third-order valence-electron chi connectivity index (χ3n) is 11.2. The second-order valence-electron chi connectivity index (χ2n) is 12.8. The summed E-state index contributed by atoms with van der Waals surface area (Å²) in [5.74, 6) is -0.893. The number of aryl methyl sites for hydroxylation is 1. The van der Waals surface area contributed by atoms with E-state index in [1.807, 2.05) is 0 Å². The summed E-state index contributed by atoms with van der Waals surface area (Å²) in [7, 11) is 0. The van der Waals surface area contributed by atoms with E-state index in [-0.39, 0.29) is 17.7 Å². The van der Waals surface area contributed by atoms with Gasteiger partial charge in [-0.3, -0.25) is 0 Å². The highest BCUT2D eigenvalue weighted by molar-refractivity contribution is 7.00. The molecule has 6 aliphatic rings. The number of hydrogen-bond donors (Lipinski definition) is 0. The molecular formula is C33H35BN2. The van der Waals surface area contributed by atoms with E-state index in [4.69, 9.17) is 0 Å². The largest absolute Gasteiger partial charge is 0.338 e. The van der Waals surface area contributed by atoms with Gasteiger partial charge in [0.25, 0.3) is 6.71 Å². The quantitative estimate of drug-likeness (QED) is 0.367. The maximum atomic E-state index is 10.0. The lowest BCUT2D eigenvalue weighted by Crippen LogP contribution is -2.65. The minimum absolute atomic E-state index is 0.0338. The summed E-state index contributed by atoms with van der Waals surface area (Å²) < 4.78 is 19.8. The van der Waals surface area contributed by atoms with Crippen LogP contribution in [0.4, 0.5) is 22.7 Å². The first-order valence-electron chi connectivity index (χ1n) is 15.3. The van der Waals surface area contributed by atoms with Crippen molar-refractivity contribution in [3.05, 3.63) is 65.2 Å². The fraction of sp³-hybridized carbons (Fsp3) is 0.455. The average Bonchev–Trinajstić information content (AvgIpc) is 3.25. The Kier molecular flexibility index (Phi) is 3.30. The Morgan fingerprint density at radius 3 is 2.53 bits per heavy atom. The van der Waals surface area contributed by atoms with Crippen molar-refractivity contribution in [1.29, 1.82) is 0 Å². The Balaban J connectivity index is 1.43. The number of nitrogens with zero attached hydrogens (tertiary/aromatic N) is 2. The Bertz CT molecular complexity index is 1490. The van der Waals surface area contributed by atoms with Gasteiger partial charge in [-0.1, -0.05) is 69.0 Å². The highest BCUT2D eigenvalue weighted by atomic mass is 15.3. The predicted octanol–water partition coefficient (Wildman–Crippen LogP) is 6.06. The molecule has 0 aromatic heterocycles. The maximum absolute atomic E-state index is 10.0. The molecule has 0 bridgehead atoms. The first kappa shape index (κ1) is 18.6. The summed E-state index contributed by atoms with van der Waals surface area (Å²) in [4.78, 5) is 5.11. The second kappa shape index (κ2) is 6.41. The van der Waals surface area contributed by atoms with Gasteiger partial charge in [-0.2, -0.15) is 0 Å². The third-order valence-corrected chi connectivity index (χ3v) is 11.2. The SMILES string of the molecule is [2H]C12CCCCC1([2H])N1c3cc(C)cc4c3B(c3cccc2c31)c1cccc2c1N4C1(C)CCCCC21C. The number of rotatable bonds is 0. The van der Waals surface area contributed by atoms with Gasteiger partial charge in [-0.05, 0) is 84.7 Å². The molecule has 0 N–H and O–H groups in total. The van der Waals surface area contributed by atoms with Crippen molar-refractivity contribution in [2.75, 3.05) is 9.80 Å². The molecule has 36 heavy (non-hydrogen) atoms. The van der Waals surface area contributed by atoms with Gasteiger partial charge in [0.05, 0.1) is 6.91 Å². The van der Waals surface area contributed by atoms with E-state index in [1.165, 1.54) is 75.9 Å². The zero-order valence-corrected chi connectivity index (χ0v) is 21.7. The van der Waals surface area contributed by atoms with Gasteiger partial charge in [-0.25, -0.2) is 0 Å². The standard InChI is InChI=1S/C33H35BN2/c1-20-18-27-29-28(19-20)36-31-23(32(2)16-6-7-17-33(32,36)3)12-9-14-25(31)34(29)24-13-8-11-22-21-10-4-5-15-26(21)35(27)30(22)24/h8-9,11-14,18-19,21,26H,4-7,10,15-17H2,1-3H3/i21D,26D.